The van der Waals surface area contributed by atoms with Crippen LogP contribution in [0, 0.1) is 0 Å². The predicted molar refractivity (Wildman–Crippen MR) is 76.9 cm³/mol. The maximum absolute atomic E-state index is 11.0. The Labute approximate surface area is 119 Å². The summed E-state index contributed by atoms with van der Waals surface area (Å²) < 4.78 is 10.4. The maximum Gasteiger partial charge on any atom is 0.307 e. The smallest absolute Gasteiger partial charge is 0.307 e. The first-order valence-electron chi connectivity index (χ1n) is 6.38. The normalized spacial score (nSPS) is 11.2. The summed E-state index contributed by atoms with van der Waals surface area (Å²) >= 11 is 5.42. The second-order valence-corrected chi connectivity index (χ2v) is 5.66. The van der Waals surface area contributed by atoms with E-state index in [2.05, 4.69) is 32.9 Å². The second kappa shape index (κ2) is 7.39. The van der Waals surface area contributed by atoms with E-state index in [0.717, 1.165) is 5.75 Å². The van der Waals surface area contributed by atoms with Gasteiger partial charge in [-0.25, -0.2) is 0 Å². The fourth-order valence-electron chi connectivity index (χ4n) is 1.52. The number of halogens is 1. The Hall–Kier alpha value is -1.22. The monoisotopic (exact) mass is 284 g/mol. The third kappa shape index (κ3) is 5.97. The standard InChI is InChI=1S/C15H21ClO3/c1-15(2,3)12-4-6-13(7-5-12)18-10-11-19-14(17)8-9-16/h4-7H,8-11H2,1-3H3. The summed E-state index contributed by atoms with van der Waals surface area (Å²) in [5, 5.41) is 0. The molecule has 0 atom stereocenters. The lowest BCUT2D eigenvalue weighted by atomic mass is 9.87. The third-order valence-electron chi connectivity index (χ3n) is 2.63. The molecule has 3 nitrogen and oxygen atoms in total. The molecule has 0 aliphatic carbocycles. The van der Waals surface area contributed by atoms with Crippen LogP contribution in [0.5, 0.6) is 5.75 Å². The molecule has 0 aliphatic rings. The minimum atomic E-state index is -0.290. The molecule has 0 radical (unpaired) electrons. The highest BCUT2D eigenvalue weighted by Crippen LogP contribution is 2.24. The van der Waals surface area contributed by atoms with E-state index in [1.165, 1.54) is 5.56 Å². The number of benzene rings is 1. The molecule has 0 spiro atoms. The first-order chi connectivity index (χ1) is 8.93. The van der Waals surface area contributed by atoms with Crippen molar-refractivity contribution in [3.05, 3.63) is 29.8 Å². The van der Waals surface area contributed by atoms with Gasteiger partial charge in [0, 0.05) is 5.88 Å². The number of hydrogen-bond donors (Lipinski definition) is 0. The molecule has 1 aromatic rings. The molecule has 0 heterocycles. The first kappa shape index (κ1) is 15.8. The van der Waals surface area contributed by atoms with Gasteiger partial charge in [0.25, 0.3) is 0 Å². The number of ether oxygens (including phenoxy) is 2. The van der Waals surface area contributed by atoms with E-state index in [4.69, 9.17) is 21.1 Å². The molecule has 19 heavy (non-hydrogen) atoms. The summed E-state index contributed by atoms with van der Waals surface area (Å²) in [4.78, 5) is 11.0. The Kier molecular flexibility index (Phi) is 6.16. The van der Waals surface area contributed by atoms with E-state index in [9.17, 15) is 4.79 Å². The zero-order chi connectivity index (χ0) is 14.3. The van der Waals surface area contributed by atoms with Crippen LogP contribution in [0.4, 0.5) is 0 Å². The largest absolute Gasteiger partial charge is 0.490 e. The summed E-state index contributed by atoms with van der Waals surface area (Å²) in [5.41, 5.74) is 1.39. The molecule has 0 amide bonds. The zero-order valence-electron chi connectivity index (χ0n) is 11.7. The number of rotatable bonds is 6. The Morgan fingerprint density at radius 3 is 2.32 bits per heavy atom. The molecule has 0 bridgehead atoms. The van der Waals surface area contributed by atoms with E-state index in [1.807, 2.05) is 12.1 Å². The summed E-state index contributed by atoms with van der Waals surface area (Å²) in [7, 11) is 0. The molecular formula is C15H21ClO3. The lowest BCUT2D eigenvalue weighted by Gasteiger charge is -2.19. The van der Waals surface area contributed by atoms with Gasteiger partial charge in [0.15, 0.2) is 0 Å². The van der Waals surface area contributed by atoms with Crippen LogP contribution in [0.2, 0.25) is 0 Å². The van der Waals surface area contributed by atoms with Gasteiger partial charge in [-0.2, -0.15) is 0 Å². The second-order valence-electron chi connectivity index (χ2n) is 5.28. The fourth-order valence-corrected chi connectivity index (χ4v) is 1.67. The summed E-state index contributed by atoms with van der Waals surface area (Å²) in [6.45, 7) is 7.09. The summed E-state index contributed by atoms with van der Waals surface area (Å²) in [6, 6.07) is 7.96. The molecule has 1 rings (SSSR count). The molecule has 4 heteroatoms. The lowest BCUT2D eigenvalue weighted by Crippen LogP contribution is -2.13. The molecular weight excluding hydrogens is 264 g/mol. The van der Waals surface area contributed by atoms with Crippen molar-refractivity contribution in [2.75, 3.05) is 19.1 Å². The Balaban J connectivity index is 2.33. The van der Waals surface area contributed by atoms with Crippen LogP contribution >= 0.6 is 11.6 Å². The van der Waals surface area contributed by atoms with Crippen LogP contribution in [0.3, 0.4) is 0 Å². The average Bonchev–Trinajstić information content (AvgIpc) is 2.34. The highest BCUT2D eigenvalue weighted by Gasteiger charge is 2.12. The molecule has 0 saturated carbocycles. The Morgan fingerprint density at radius 2 is 1.79 bits per heavy atom. The van der Waals surface area contributed by atoms with E-state index >= 15 is 0 Å². The third-order valence-corrected chi connectivity index (χ3v) is 2.82. The van der Waals surface area contributed by atoms with Crippen molar-refractivity contribution in [2.45, 2.75) is 32.6 Å². The van der Waals surface area contributed by atoms with Gasteiger partial charge in [-0.05, 0) is 23.1 Å². The topological polar surface area (TPSA) is 35.5 Å². The van der Waals surface area contributed by atoms with E-state index in [0.29, 0.717) is 6.61 Å². The summed E-state index contributed by atoms with van der Waals surface area (Å²) in [6.07, 6.45) is 0.238. The molecule has 0 saturated heterocycles. The van der Waals surface area contributed by atoms with E-state index in [1.54, 1.807) is 0 Å². The number of alkyl halides is 1. The van der Waals surface area contributed by atoms with Crippen LogP contribution in [0.15, 0.2) is 24.3 Å². The highest BCUT2D eigenvalue weighted by atomic mass is 35.5. The van der Waals surface area contributed by atoms with Gasteiger partial charge in [0.2, 0.25) is 0 Å². The van der Waals surface area contributed by atoms with Gasteiger partial charge in [0.05, 0.1) is 6.42 Å². The van der Waals surface area contributed by atoms with E-state index in [-0.39, 0.29) is 30.3 Å². The molecule has 0 aliphatic heterocycles. The molecule has 0 fully saturated rings. The van der Waals surface area contributed by atoms with Crippen molar-refractivity contribution >= 4 is 17.6 Å². The van der Waals surface area contributed by atoms with Crippen molar-refractivity contribution in [1.82, 2.24) is 0 Å². The van der Waals surface area contributed by atoms with Crippen molar-refractivity contribution in [3.8, 4) is 5.75 Å². The van der Waals surface area contributed by atoms with Gasteiger partial charge in [-0.1, -0.05) is 32.9 Å². The van der Waals surface area contributed by atoms with Crippen LogP contribution in [0.1, 0.15) is 32.8 Å². The minimum Gasteiger partial charge on any atom is -0.490 e. The zero-order valence-corrected chi connectivity index (χ0v) is 12.5. The molecule has 0 N–H and O–H groups in total. The molecule has 0 unspecified atom stereocenters. The predicted octanol–water partition coefficient (Wildman–Crippen LogP) is 3.54. The molecule has 106 valence electrons. The van der Waals surface area contributed by atoms with Gasteiger partial charge >= 0.3 is 5.97 Å². The quantitative estimate of drug-likeness (QED) is 0.455. The number of carbonyl (C=O) groups excluding carboxylic acids is 1. The van der Waals surface area contributed by atoms with Crippen LogP contribution in [0.25, 0.3) is 0 Å². The molecule has 0 aromatic heterocycles. The number of esters is 1. The Morgan fingerprint density at radius 1 is 1.16 bits per heavy atom. The van der Waals surface area contributed by atoms with Crippen molar-refractivity contribution in [1.29, 1.82) is 0 Å². The summed E-state index contributed by atoms with van der Waals surface area (Å²) in [5.74, 6) is 0.775. The molecule has 1 aromatic carbocycles. The maximum atomic E-state index is 11.0. The van der Waals surface area contributed by atoms with Crippen molar-refractivity contribution < 1.29 is 14.3 Å². The van der Waals surface area contributed by atoms with Gasteiger partial charge < -0.3 is 9.47 Å². The first-order valence-corrected chi connectivity index (χ1v) is 6.92. The van der Waals surface area contributed by atoms with E-state index < -0.39 is 0 Å². The SMILES string of the molecule is CC(C)(C)c1ccc(OCCOC(=O)CCCl)cc1. The number of hydrogen-bond acceptors (Lipinski definition) is 3. The minimum absolute atomic E-state index is 0.135. The van der Waals surface area contributed by atoms with Crippen molar-refractivity contribution in [3.63, 3.8) is 0 Å². The fraction of sp³-hybridized carbons (Fsp3) is 0.533. The Bertz CT molecular complexity index is 393. The van der Waals surface area contributed by atoms with Crippen LogP contribution in [-0.2, 0) is 14.9 Å². The van der Waals surface area contributed by atoms with Crippen LogP contribution < -0.4 is 4.74 Å². The lowest BCUT2D eigenvalue weighted by molar-refractivity contribution is -0.143. The van der Waals surface area contributed by atoms with Crippen molar-refractivity contribution in [2.24, 2.45) is 0 Å². The average molecular weight is 285 g/mol. The highest BCUT2D eigenvalue weighted by molar-refractivity contribution is 6.18. The number of carbonyl (C=O) groups is 1. The van der Waals surface area contributed by atoms with Gasteiger partial charge in [-0.15, -0.1) is 11.6 Å². The van der Waals surface area contributed by atoms with Crippen LogP contribution in [-0.4, -0.2) is 25.1 Å². The van der Waals surface area contributed by atoms with Gasteiger partial charge in [-0.3, -0.25) is 4.79 Å². The van der Waals surface area contributed by atoms with Gasteiger partial charge in [0.1, 0.15) is 19.0 Å².